The number of hydrogen-bond acceptors (Lipinski definition) is 4. The molecule has 0 aromatic heterocycles. The zero-order chi connectivity index (χ0) is 18.9. The highest BCUT2D eigenvalue weighted by molar-refractivity contribution is 5.95. The van der Waals surface area contributed by atoms with Crippen LogP contribution in [0.2, 0.25) is 0 Å². The van der Waals surface area contributed by atoms with Crippen LogP contribution in [0.25, 0.3) is 0 Å². The number of carbonyl (C=O) groups is 2. The number of carbonyl (C=O) groups excluding carboxylic acids is 2. The summed E-state index contributed by atoms with van der Waals surface area (Å²) in [6, 6.07) is 0. The second-order valence-corrected chi connectivity index (χ2v) is 9.56. The van der Waals surface area contributed by atoms with Crippen molar-refractivity contribution in [2.24, 2.45) is 45.4 Å². The van der Waals surface area contributed by atoms with Crippen LogP contribution >= 0.6 is 0 Å². The number of aliphatic hydroxyl groups is 1. The first-order chi connectivity index (χ1) is 12.3. The topological polar surface area (TPSA) is 66.7 Å². The Balaban J connectivity index is 1.76. The standard InChI is InChI=1S/C21H30FNO3/c1-20-6-4-11(23-3)8-14(20)12(10-24)18(25)17-13(20)5-7-21(2)15(17)9-16(22)19(21)26/h12-17,24H,4-10H2,1-3H3/t12-,13?,14?,15?,16?,17?,20?,21?/m1/s1. The van der Waals surface area contributed by atoms with E-state index in [1.165, 1.54) is 0 Å². The van der Waals surface area contributed by atoms with Gasteiger partial charge in [0.1, 0.15) is 5.78 Å². The third-order valence-corrected chi connectivity index (χ3v) is 8.76. The van der Waals surface area contributed by atoms with Gasteiger partial charge in [0.25, 0.3) is 0 Å². The Morgan fingerprint density at radius 1 is 1.19 bits per heavy atom. The predicted octanol–water partition coefficient (Wildman–Crippen LogP) is 3.01. The fourth-order valence-corrected chi connectivity index (χ4v) is 7.15. The van der Waals surface area contributed by atoms with E-state index in [1.807, 2.05) is 6.92 Å². The summed E-state index contributed by atoms with van der Waals surface area (Å²) in [4.78, 5) is 30.3. The molecule has 144 valence electrons. The minimum absolute atomic E-state index is 0.0427. The molecule has 4 rings (SSSR count). The van der Waals surface area contributed by atoms with Crippen LogP contribution in [0.4, 0.5) is 4.39 Å². The molecule has 0 amide bonds. The first-order valence-corrected chi connectivity index (χ1v) is 10.1. The summed E-state index contributed by atoms with van der Waals surface area (Å²) in [6.45, 7) is 3.98. The minimum Gasteiger partial charge on any atom is -0.396 e. The molecule has 0 aromatic carbocycles. The average molecular weight is 363 g/mol. The molecule has 0 heterocycles. The Kier molecular flexibility index (Phi) is 4.18. The predicted molar refractivity (Wildman–Crippen MR) is 96.7 cm³/mol. The lowest BCUT2D eigenvalue weighted by Crippen LogP contribution is -2.61. The number of ketones is 2. The first-order valence-electron chi connectivity index (χ1n) is 10.1. The third kappa shape index (κ3) is 2.18. The van der Waals surface area contributed by atoms with Crippen molar-refractivity contribution in [1.82, 2.24) is 0 Å². The maximum atomic E-state index is 14.3. The van der Waals surface area contributed by atoms with Crippen molar-refractivity contribution in [3.63, 3.8) is 0 Å². The molecule has 4 nitrogen and oxygen atoms in total. The molecule has 0 radical (unpaired) electrons. The van der Waals surface area contributed by atoms with Crippen LogP contribution in [0, 0.1) is 40.4 Å². The van der Waals surface area contributed by atoms with E-state index in [0.717, 1.165) is 31.4 Å². The van der Waals surface area contributed by atoms with E-state index in [9.17, 15) is 19.1 Å². The van der Waals surface area contributed by atoms with Crippen LogP contribution in [0.3, 0.4) is 0 Å². The molecule has 0 aromatic rings. The molecule has 4 fully saturated rings. The number of Topliss-reactive ketones (excluding diaryl/α,β-unsaturated/α-hetero) is 2. The molecule has 0 aliphatic heterocycles. The minimum atomic E-state index is -1.43. The van der Waals surface area contributed by atoms with Gasteiger partial charge in [0, 0.05) is 30.0 Å². The van der Waals surface area contributed by atoms with Gasteiger partial charge in [-0.05, 0) is 61.7 Å². The number of alkyl halides is 1. The summed E-state index contributed by atoms with van der Waals surface area (Å²) >= 11 is 0. The Labute approximate surface area is 154 Å². The zero-order valence-electron chi connectivity index (χ0n) is 16.0. The number of hydrogen-bond donors (Lipinski definition) is 1. The van der Waals surface area contributed by atoms with E-state index in [4.69, 9.17) is 0 Å². The number of aliphatic imine (C=N–C) groups is 1. The average Bonchev–Trinajstić information content (AvgIpc) is 2.86. The van der Waals surface area contributed by atoms with E-state index in [1.54, 1.807) is 7.05 Å². The molecular formula is C21H30FNO3. The van der Waals surface area contributed by atoms with Gasteiger partial charge >= 0.3 is 0 Å². The van der Waals surface area contributed by atoms with E-state index < -0.39 is 17.5 Å². The van der Waals surface area contributed by atoms with E-state index in [0.29, 0.717) is 6.42 Å². The first kappa shape index (κ1) is 18.3. The molecule has 4 saturated carbocycles. The lowest BCUT2D eigenvalue weighted by molar-refractivity contribution is -0.166. The van der Waals surface area contributed by atoms with Crippen LogP contribution in [0.15, 0.2) is 4.99 Å². The molecule has 4 aliphatic rings. The zero-order valence-corrected chi connectivity index (χ0v) is 16.0. The monoisotopic (exact) mass is 363 g/mol. The Morgan fingerprint density at radius 3 is 2.58 bits per heavy atom. The second kappa shape index (κ2) is 5.95. The number of fused-ring (bicyclic) bond motifs is 5. The van der Waals surface area contributed by atoms with E-state index in [-0.39, 0.29) is 53.7 Å². The van der Waals surface area contributed by atoms with Crippen molar-refractivity contribution in [3.8, 4) is 0 Å². The normalized spacial score (nSPS) is 52.6. The smallest absolute Gasteiger partial charge is 0.173 e. The van der Waals surface area contributed by atoms with Crippen molar-refractivity contribution >= 4 is 17.3 Å². The highest BCUT2D eigenvalue weighted by Gasteiger charge is 2.66. The van der Waals surface area contributed by atoms with Crippen molar-refractivity contribution in [2.45, 2.75) is 58.5 Å². The summed E-state index contributed by atoms with van der Waals surface area (Å²) in [6.07, 6.45) is 2.93. The molecule has 0 saturated heterocycles. The highest BCUT2D eigenvalue weighted by Crippen LogP contribution is 2.65. The van der Waals surface area contributed by atoms with Gasteiger partial charge in [-0.25, -0.2) is 4.39 Å². The molecule has 7 unspecified atom stereocenters. The summed E-state index contributed by atoms with van der Waals surface area (Å²) < 4.78 is 14.3. The fraction of sp³-hybridized carbons (Fsp3) is 0.857. The van der Waals surface area contributed by atoms with Crippen LogP contribution in [-0.4, -0.2) is 42.2 Å². The molecule has 26 heavy (non-hydrogen) atoms. The van der Waals surface area contributed by atoms with Crippen LogP contribution in [0.1, 0.15) is 52.4 Å². The molecular weight excluding hydrogens is 333 g/mol. The largest absolute Gasteiger partial charge is 0.396 e. The second-order valence-electron chi connectivity index (χ2n) is 9.56. The van der Waals surface area contributed by atoms with Gasteiger partial charge < -0.3 is 5.11 Å². The third-order valence-electron chi connectivity index (χ3n) is 8.76. The molecule has 5 heteroatoms. The summed E-state index contributed by atoms with van der Waals surface area (Å²) in [5.74, 6) is -0.815. The van der Waals surface area contributed by atoms with Gasteiger partial charge in [-0.1, -0.05) is 13.8 Å². The van der Waals surface area contributed by atoms with Crippen molar-refractivity contribution < 1.29 is 19.1 Å². The maximum absolute atomic E-state index is 14.3. The molecule has 4 aliphatic carbocycles. The molecule has 0 bridgehead atoms. The number of halogens is 1. The van der Waals surface area contributed by atoms with Crippen LogP contribution in [-0.2, 0) is 9.59 Å². The van der Waals surface area contributed by atoms with Gasteiger partial charge in [0.05, 0.1) is 6.61 Å². The number of nitrogens with zero attached hydrogens (tertiary/aromatic N) is 1. The number of aliphatic hydroxyl groups excluding tert-OH is 1. The van der Waals surface area contributed by atoms with Gasteiger partial charge in [-0.2, -0.15) is 0 Å². The molecule has 0 spiro atoms. The summed E-state index contributed by atoms with van der Waals surface area (Å²) in [7, 11) is 1.80. The quantitative estimate of drug-likeness (QED) is 0.779. The van der Waals surface area contributed by atoms with Crippen LogP contribution < -0.4 is 0 Å². The SMILES string of the molecule is CN=C1CCC2(C)C3CCC4(C)C(=O)C(F)CC4C3C(=O)[C@H](CO)C2C1. The van der Waals surface area contributed by atoms with Gasteiger partial charge in [0.2, 0.25) is 0 Å². The maximum Gasteiger partial charge on any atom is 0.173 e. The Hall–Kier alpha value is -1.10. The molecule has 1 N–H and O–H groups in total. The molecule has 8 atom stereocenters. The lowest BCUT2D eigenvalue weighted by atomic mass is 9.43. The summed E-state index contributed by atoms with van der Waals surface area (Å²) in [5.41, 5.74) is 0.390. The van der Waals surface area contributed by atoms with Crippen molar-refractivity contribution in [3.05, 3.63) is 0 Å². The van der Waals surface area contributed by atoms with Gasteiger partial charge in [-0.3, -0.25) is 14.6 Å². The van der Waals surface area contributed by atoms with E-state index >= 15 is 0 Å². The van der Waals surface area contributed by atoms with Crippen LogP contribution in [0.5, 0.6) is 0 Å². The number of rotatable bonds is 1. The van der Waals surface area contributed by atoms with Gasteiger partial charge in [-0.15, -0.1) is 0 Å². The Bertz CT molecular complexity index is 676. The van der Waals surface area contributed by atoms with Gasteiger partial charge in [0.15, 0.2) is 12.0 Å². The van der Waals surface area contributed by atoms with E-state index in [2.05, 4.69) is 11.9 Å². The Morgan fingerprint density at radius 2 is 1.92 bits per heavy atom. The van der Waals surface area contributed by atoms with Crippen molar-refractivity contribution in [1.29, 1.82) is 0 Å². The lowest BCUT2D eigenvalue weighted by Gasteiger charge is -2.60. The summed E-state index contributed by atoms with van der Waals surface area (Å²) in [5, 5.41) is 10.1. The van der Waals surface area contributed by atoms with Crippen molar-refractivity contribution in [2.75, 3.05) is 13.7 Å². The fourth-order valence-electron chi connectivity index (χ4n) is 7.15. The highest BCUT2D eigenvalue weighted by atomic mass is 19.1.